The Labute approximate surface area is 211 Å². The fourth-order valence-electron chi connectivity index (χ4n) is 4.37. The molecule has 2 aromatic rings. The molecule has 0 spiro atoms. The Bertz CT molecular complexity index is 1010. The normalized spacial score (nSPS) is 23.6. The molecule has 2 saturated heterocycles. The quantitative estimate of drug-likeness (QED) is 0.535. The number of nitrogens with zero attached hydrogens (tertiary/aromatic N) is 1. The van der Waals surface area contributed by atoms with Gasteiger partial charge in [-0.1, -0.05) is 36.4 Å². The molecule has 2 fully saturated rings. The lowest BCUT2D eigenvalue weighted by Crippen LogP contribution is -2.44. The largest absolute Gasteiger partial charge is 0.453 e. The maximum Gasteiger partial charge on any atom is 0.303 e. The molecule has 2 N–H and O–H groups in total. The van der Waals surface area contributed by atoms with Crippen LogP contribution in [0, 0.1) is 0 Å². The van der Waals surface area contributed by atoms with Gasteiger partial charge in [-0.25, -0.2) is 0 Å². The molecule has 2 aliphatic rings. The highest BCUT2D eigenvalue weighted by Crippen LogP contribution is 2.38. The zero-order chi connectivity index (χ0) is 25.5. The minimum Gasteiger partial charge on any atom is -0.453 e. The number of aliphatic hydroxyl groups is 1. The van der Waals surface area contributed by atoms with E-state index in [1.54, 1.807) is 12.1 Å². The van der Waals surface area contributed by atoms with E-state index in [1.165, 1.54) is 13.8 Å². The van der Waals surface area contributed by atoms with Crippen LogP contribution in [0.25, 0.3) is 0 Å². The first-order chi connectivity index (χ1) is 17.4. The highest BCUT2D eigenvalue weighted by molar-refractivity contribution is 5.94. The van der Waals surface area contributed by atoms with Gasteiger partial charge in [0.2, 0.25) is 0 Å². The SMILES string of the molecule is CC(=O)O[C@@H](C)C(=O)Nc1ccc([C@@H]2O[C@H](CN3CCOCC3)C[C@H](c3ccc(CO)cc3)O2)cc1. The van der Waals surface area contributed by atoms with Crippen LogP contribution in [-0.2, 0) is 35.1 Å². The van der Waals surface area contributed by atoms with E-state index >= 15 is 0 Å². The van der Waals surface area contributed by atoms with E-state index < -0.39 is 24.3 Å². The number of ether oxygens (including phenoxy) is 4. The fourth-order valence-corrected chi connectivity index (χ4v) is 4.37. The molecule has 2 aliphatic heterocycles. The molecular formula is C27H34N2O7. The van der Waals surface area contributed by atoms with Gasteiger partial charge in [-0.2, -0.15) is 0 Å². The van der Waals surface area contributed by atoms with Crippen molar-refractivity contribution in [1.29, 1.82) is 0 Å². The van der Waals surface area contributed by atoms with E-state index in [1.807, 2.05) is 36.4 Å². The number of hydrogen-bond donors (Lipinski definition) is 2. The van der Waals surface area contributed by atoms with Gasteiger partial charge in [0.15, 0.2) is 12.4 Å². The second-order valence-corrected chi connectivity index (χ2v) is 9.13. The van der Waals surface area contributed by atoms with Crippen LogP contribution in [-0.4, -0.2) is 66.9 Å². The molecule has 2 aromatic carbocycles. The lowest BCUT2D eigenvalue weighted by Gasteiger charge is -2.39. The molecule has 0 bridgehead atoms. The summed E-state index contributed by atoms with van der Waals surface area (Å²) < 4.78 is 23.2. The Balaban J connectivity index is 1.46. The van der Waals surface area contributed by atoms with Gasteiger partial charge >= 0.3 is 5.97 Å². The predicted octanol–water partition coefficient (Wildman–Crippen LogP) is 2.95. The lowest BCUT2D eigenvalue weighted by molar-refractivity contribution is -0.253. The summed E-state index contributed by atoms with van der Waals surface area (Å²) in [6, 6.07) is 15.1. The van der Waals surface area contributed by atoms with Crippen LogP contribution in [0.5, 0.6) is 0 Å². The average molecular weight is 499 g/mol. The molecule has 0 saturated carbocycles. The third-order valence-electron chi connectivity index (χ3n) is 6.34. The third-order valence-corrected chi connectivity index (χ3v) is 6.34. The van der Waals surface area contributed by atoms with Crippen LogP contribution in [0.3, 0.4) is 0 Å². The van der Waals surface area contributed by atoms with Crippen molar-refractivity contribution < 1.29 is 33.6 Å². The summed E-state index contributed by atoms with van der Waals surface area (Å²) in [4.78, 5) is 25.7. The van der Waals surface area contributed by atoms with Gasteiger partial charge < -0.3 is 29.4 Å². The van der Waals surface area contributed by atoms with Gasteiger partial charge in [0.25, 0.3) is 5.91 Å². The van der Waals surface area contributed by atoms with Crippen molar-refractivity contribution in [3.63, 3.8) is 0 Å². The molecule has 4 atom stereocenters. The van der Waals surface area contributed by atoms with E-state index in [2.05, 4.69) is 10.2 Å². The molecule has 4 rings (SSSR count). The number of esters is 1. The molecule has 9 nitrogen and oxygen atoms in total. The average Bonchev–Trinajstić information content (AvgIpc) is 2.89. The second-order valence-electron chi connectivity index (χ2n) is 9.13. The van der Waals surface area contributed by atoms with E-state index in [-0.39, 0.29) is 18.8 Å². The number of amides is 1. The van der Waals surface area contributed by atoms with Crippen LogP contribution in [0.4, 0.5) is 5.69 Å². The number of benzene rings is 2. The summed E-state index contributed by atoms with van der Waals surface area (Å²) in [6.07, 6.45) is -0.933. The third kappa shape index (κ3) is 7.11. The van der Waals surface area contributed by atoms with Crippen LogP contribution >= 0.6 is 0 Å². The number of carbonyl (C=O) groups is 2. The number of aliphatic hydroxyl groups excluding tert-OH is 1. The van der Waals surface area contributed by atoms with Gasteiger partial charge in [-0.3, -0.25) is 14.5 Å². The highest BCUT2D eigenvalue weighted by atomic mass is 16.7. The molecule has 1 amide bonds. The summed E-state index contributed by atoms with van der Waals surface area (Å²) in [7, 11) is 0. The van der Waals surface area contributed by atoms with E-state index in [4.69, 9.17) is 18.9 Å². The van der Waals surface area contributed by atoms with Crippen LogP contribution < -0.4 is 5.32 Å². The molecule has 194 valence electrons. The zero-order valence-corrected chi connectivity index (χ0v) is 20.7. The number of morpholine rings is 1. The van der Waals surface area contributed by atoms with Gasteiger partial charge in [0, 0.05) is 44.2 Å². The Hall–Kier alpha value is -2.82. The number of carbonyl (C=O) groups excluding carboxylic acids is 2. The van der Waals surface area contributed by atoms with Crippen molar-refractivity contribution in [2.45, 2.75) is 51.5 Å². The van der Waals surface area contributed by atoms with Crippen molar-refractivity contribution in [3.8, 4) is 0 Å². The molecule has 0 aliphatic carbocycles. The number of rotatable bonds is 8. The Morgan fingerprint density at radius 3 is 2.36 bits per heavy atom. The maximum atomic E-state index is 12.2. The van der Waals surface area contributed by atoms with Gasteiger partial charge in [-0.05, 0) is 30.2 Å². The molecule has 0 radical (unpaired) electrons. The summed E-state index contributed by atoms with van der Waals surface area (Å²) in [5, 5.41) is 12.1. The number of hydrogen-bond acceptors (Lipinski definition) is 8. The predicted molar refractivity (Wildman–Crippen MR) is 132 cm³/mol. The molecule has 2 heterocycles. The first kappa shape index (κ1) is 26.2. The number of nitrogens with one attached hydrogen (secondary N) is 1. The van der Waals surface area contributed by atoms with Crippen molar-refractivity contribution in [2.75, 3.05) is 38.2 Å². The van der Waals surface area contributed by atoms with E-state index in [0.717, 1.165) is 49.5 Å². The lowest BCUT2D eigenvalue weighted by atomic mass is 9.99. The Kier molecular flexibility index (Phi) is 9.06. The minimum atomic E-state index is -0.883. The first-order valence-electron chi connectivity index (χ1n) is 12.3. The summed E-state index contributed by atoms with van der Waals surface area (Å²) >= 11 is 0. The van der Waals surface area contributed by atoms with Gasteiger partial charge in [0.05, 0.1) is 32.0 Å². The fraction of sp³-hybridized carbons (Fsp3) is 0.481. The first-order valence-corrected chi connectivity index (χ1v) is 12.3. The Morgan fingerprint density at radius 2 is 1.72 bits per heavy atom. The zero-order valence-electron chi connectivity index (χ0n) is 20.7. The molecule has 9 heteroatoms. The monoisotopic (exact) mass is 498 g/mol. The molecule has 0 aromatic heterocycles. The van der Waals surface area contributed by atoms with E-state index in [0.29, 0.717) is 12.1 Å². The highest BCUT2D eigenvalue weighted by Gasteiger charge is 2.33. The standard InChI is InChI=1S/C27H34N2O7/c1-18(34-19(2)31)26(32)28-23-9-7-22(8-10-23)27-35-24(16-29-11-13-33-14-12-29)15-25(36-27)21-5-3-20(17-30)4-6-21/h3-10,18,24-25,27,30H,11-17H2,1-2H3,(H,28,32)/t18-,24-,25+,27+/m0/s1. The second kappa shape index (κ2) is 12.4. The molecule has 36 heavy (non-hydrogen) atoms. The Morgan fingerprint density at radius 1 is 1.06 bits per heavy atom. The van der Waals surface area contributed by atoms with Crippen molar-refractivity contribution in [1.82, 2.24) is 4.90 Å². The van der Waals surface area contributed by atoms with Crippen molar-refractivity contribution in [3.05, 3.63) is 65.2 Å². The smallest absolute Gasteiger partial charge is 0.303 e. The number of anilines is 1. The summed E-state index contributed by atoms with van der Waals surface area (Å²) in [5.41, 5.74) is 3.31. The van der Waals surface area contributed by atoms with Gasteiger partial charge in [0.1, 0.15) is 0 Å². The van der Waals surface area contributed by atoms with Crippen LogP contribution in [0.15, 0.2) is 48.5 Å². The maximum absolute atomic E-state index is 12.2. The summed E-state index contributed by atoms with van der Waals surface area (Å²) in [5.74, 6) is -0.910. The molecular weight excluding hydrogens is 464 g/mol. The van der Waals surface area contributed by atoms with Crippen LogP contribution in [0.1, 0.15) is 49.4 Å². The minimum absolute atomic E-state index is 0.000260. The van der Waals surface area contributed by atoms with Crippen molar-refractivity contribution in [2.24, 2.45) is 0 Å². The van der Waals surface area contributed by atoms with E-state index in [9.17, 15) is 14.7 Å². The van der Waals surface area contributed by atoms with Crippen molar-refractivity contribution >= 4 is 17.6 Å². The van der Waals surface area contributed by atoms with Crippen LogP contribution in [0.2, 0.25) is 0 Å². The summed E-state index contributed by atoms with van der Waals surface area (Å²) in [6.45, 7) is 6.78. The van der Waals surface area contributed by atoms with Gasteiger partial charge in [-0.15, -0.1) is 0 Å². The topological polar surface area (TPSA) is 107 Å². The molecule has 0 unspecified atom stereocenters.